The standard InChI is InChI=1S/C27H30F2N4O4.C14H19ClN2O2.C13H12F2N2O2/c28-26-22-14-33(9-7-17(22)10-24(27(26)29)36-15-21-12-30-16-37-21)13-20(34)4-5-23(35)18-6-8-31-25(11-18)32-19-2-1-3-19;15-9-12(18)4-5-13(19)10-6-7-16-14(8-10)17-11-2-1-3-11;14-12-10-5-16-2-1-8(10)3-11(13(12)15)18-6-9-4-17-7-19-9/h6,8,10-12,16,19-20,34H,1-5,7,9,13-15H2,(H,31,32);6-8,11-12,18H,1-5,9H2,(H,16,17);3-4,7,16H,1-2,5-6H2/t20-;12-;/m00./s1. The monoisotopic (exact) mass is 1060 g/mol. The fourth-order valence-electron chi connectivity index (χ4n) is 8.74. The van der Waals surface area contributed by atoms with E-state index in [-0.39, 0.29) is 73.7 Å². The normalized spacial score (nSPS) is 16.0. The first-order chi connectivity index (χ1) is 36.4. The number of alkyl halides is 1. The molecule has 75 heavy (non-hydrogen) atoms. The zero-order valence-electron chi connectivity index (χ0n) is 41.3. The first-order valence-corrected chi connectivity index (χ1v) is 25.8. The number of benzene rings is 2. The highest BCUT2D eigenvalue weighted by molar-refractivity contribution is 6.18. The van der Waals surface area contributed by atoms with Gasteiger partial charge in [-0.05, 0) is 118 Å². The number of halogens is 5. The molecule has 16 nitrogen and oxygen atoms in total. The van der Waals surface area contributed by atoms with E-state index in [0.29, 0.717) is 90.4 Å². The van der Waals surface area contributed by atoms with Gasteiger partial charge in [-0.1, -0.05) is 0 Å². The summed E-state index contributed by atoms with van der Waals surface area (Å²) in [5.74, 6) is -1.59. The first-order valence-electron chi connectivity index (χ1n) is 25.3. The Bertz CT molecular complexity index is 2820. The van der Waals surface area contributed by atoms with Crippen LogP contribution in [0.1, 0.15) is 119 Å². The van der Waals surface area contributed by atoms with Crippen molar-refractivity contribution >= 4 is 34.8 Å². The van der Waals surface area contributed by atoms with Gasteiger partial charge in [0.2, 0.25) is 11.6 Å². The maximum atomic E-state index is 14.9. The van der Waals surface area contributed by atoms with E-state index in [2.05, 4.69) is 35.9 Å². The number of aliphatic hydroxyl groups excluding tert-OH is 2. The maximum absolute atomic E-state index is 14.9. The summed E-state index contributed by atoms with van der Waals surface area (Å²) in [4.78, 5) is 42.5. The molecule has 0 amide bonds. The van der Waals surface area contributed by atoms with Gasteiger partial charge in [-0.3, -0.25) is 14.5 Å². The van der Waals surface area contributed by atoms with Crippen LogP contribution in [0.4, 0.5) is 29.2 Å². The summed E-state index contributed by atoms with van der Waals surface area (Å²) >= 11 is 5.51. The van der Waals surface area contributed by atoms with Crippen LogP contribution in [0.15, 0.2) is 82.8 Å². The largest absolute Gasteiger partial charge is 0.482 e. The third kappa shape index (κ3) is 15.3. The summed E-state index contributed by atoms with van der Waals surface area (Å²) in [6, 6.07) is 10.9. The number of nitrogens with one attached hydrogen (secondary N) is 3. The number of aliphatic hydroxyl groups is 2. The van der Waals surface area contributed by atoms with Gasteiger partial charge < -0.3 is 44.5 Å². The third-order valence-electron chi connectivity index (χ3n) is 13.5. The zero-order valence-corrected chi connectivity index (χ0v) is 42.1. The van der Waals surface area contributed by atoms with Gasteiger partial charge in [0.15, 0.2) is 59.0 Å². The lowest BCUT2D eigenvalue weighted by atomic mass is 9.93. The first kappa shape index (κ1) is 54.8. The van der Waals surface area contributed by atoms with Crippen LogP contribution in [0.3, 0.4) is 0 Å². The molecule has 2 saturated carbocycles. The van der Waals surface area contributed by atoms with E-state index in [4.69, 9.17) is 29.9 Å². The molecule has 0 spiro atoms. The van der Waals surface area contributed by atoms with E-state index in [0.717, 1.165) is 30.8 Å². The predicted octanol–water partition coefficient (Wildman–Crippen LogP) is 9.06. The van der Waals surface area contributed by atoms with Crippen LogP contribution in [0.2, 0.25) is 0 Å². The number of β-amino-alcohol motifs (C(OH)–C–C–N with tert-alkyl or cyclic N) is 1. The minimum absolute atomic E-state index is 0.0169. The minimum atomic E-state index is -1.05. The van der Waals surface area contributed by atoms with Crippen LogP contribution in [-0.2, 0) is 39.1 Å². The average molecular weight is 1060 g/mol. The van der Waals surface area contributed by atoms with Gasteiger partial charge in [0.05, 0.1) is 24.6 Å². The van der Waals surface area contributed by atoms with E-state index in [1.165, 1.54) is 56.9 Å². The molecule has 6 heterocycles. The second-order valence-corrected chi connectivity index (χ2v) is 19.3. The van der Waals surface area contributed by atoms with Crippen LogP contribution in [0, 0.1) is 23.3 Å². The number of rotatable bonds is 21. The van der Waals surface area contributed by atoms with E-state index >= 15 is 0 Å². The van der Waals surface area contributed by atoms with Crippen molar-refractivity contribution in [2.45, 2.75) is 128 Å². The van der Waals surface area contributed by atoms with Crippen LogP contribution < -0.4 is 25.4 Å². The molecule has 0 saturated heterocycles. The maximum Gasteiger partial charge on any atom is 0.200 e. The summed E-state index contributed by atoms with van der Waals surface area (Å²) in [5, 5.41) is 29.6. The predicted molar refractivity (Wildman–Crippen MR) is 270 cm³/mol. The number of hydrogen-bond donors (Lipinski definition) is 5. The molecule has 2 aliphatic carbocycles. The summed E-state index contributed by atoms with van der Waals surface area (Å²) in [7, 11) is 0. The van der Waals surface area contributed by atoms with Gasteiger partial charge in [0.25, 0.3) is 0 Å². The van der Waals surface area contributed by atoms with E-state index in [1.54, 1.807) is 42.7 Å². The Hall–Kier alpha value is -6.45. The SMILES string of the molecule is Fc1c(OCc2cnco2)cc2c(c1F)CNCC2.O=C(CC[C@H](O)CCl)c1ccnc(NC2CCC2)c1.O=C(CC[C@H](O)CN1CCc2cc(OCc3cnco3)c(F)c(F)c2C1)c1ccnc(NC2CCC2)c1. The van der Waals surface area contributed by atoms with Crippen LogP contribution >= 0.6 is 11.6 Å². The Morgan fingerprint density at radius 1 is 0.733 bits per heavy atom. The Kier molecular flexibility index (Phi) is 19.6. The van der Waals surface area contributed by atoms with Crippen molar-refractivity contribution in [2.24, 2.45) is 0 Å². The number of nitrogens with zero attached hydrogens (tertiary/aromatic N) is 5. The molecular formula is C54H61ClF4N8O8. The van der Waals surface area contributed by atoms with Gasteiger partial charge in [0.1, 0.15) is 24.8 Å². The number of aromatic nitrogens is 4. The summed E-state index contributed by atoms with van der Waals surface area (Å²) < 4.78 is 77.9. The highest BCUT2D eigenvalue weighted by Crippen LogP contribution is 2.32. The van der Waals surface area contributed by atoms with Crippen molar-refractivity contribution in [3.05, 3.63) is 142 Å². The second-order valence-electron chi connectivity index (χ2n) is 19.0. The van der Waals surface area contributed by atoms with Crippen molar-refractivity contribution in [3.63, 3.8) is 0 Å². The lowest BCUT2D eigenvalue weighted by Gasteiger charge is -2.31. The molecule has 0 radical (unpaired) electrons. The number of Topliss-reactive ketones (excluding diaryl/α,β-unsaturated/α-hetero) is 2. The molecule has 21 heteroatoms. The van der Waals surface area contributed by atoms with Crippen LogP contribution in [0.5, 0.6) is 11.5 Å². The number of ketones is 2. The molecule has 4 aliphatic rings. The zero-order chi connectivity index (χ0) is 52.7. The van der Waals surface area contributed by atoms with Crippen LogP contribution in [0.25, 0.3) is 0 Å². The lowest BCUT2D eigenvalue weighted by molar-refractivity contribution is 0.0832. The van der Waals surface area contributed by atoms with Gasteiger partial charge in [-0.2, -0.15) is 8.78 Å². The number of carbonyl (C=O) groups is 2. The second kappa shape index (κ2) is 26.9. The van der Waals surface area contributed by atoms with E-state index in [9.17, 15) is 37.4 Å². The summed E-state index contributed by atoms with van der Waals surface area (Å²) in [5.41, 5.74) is 3.31. The lowest BCUT2D eigenvalue weighted by Crippen LogP contribution is -2.37. The molecule has 6 aromatic rings. The van der Waals surface area contributed by atoms with E-state index < -0.39 is 35.5 Å². The number of anilines is 2. The number of oxazole rings is 2. The molecule has 4 aromatic heterocycles. The number of fused-ring (bicyclic) bond motifs is 2. The van der Waals surface area contributed by atoms with Gasteiger partial charge in [-0.15, -0.1) is 11.6 Å². The average Bonchev–Trinajstić information content (AvgIpc) is 4.15. The quantitative estimate of drug-likeness (QED) is 0.0259. The third-order valence-corrected chi connectivity index (χ3v) is 13.9. The molecule has 10 rings (SSSR count). The number of ether oxygens (including phenoxy) is 2. The Balaban J connectivity index is 0.000000165. The molecule has 2 aliphatic heterocycles. The van der Waals surface area contributed by atoms with Crippen molar-refractivity contribution in [3.8, 4) is 11.5 Å². The molecule has 2 atom stereocenters. The molecule has 0 bridgehead atoms. The summed E-state index contributed by atoms with van der Waals surface area (Å²) in [6.07, 6.45) is 16.7. The Morgan fingerprint density at radius 3 is 1.75 bits per heavy atom. The van der Waals surface area contributed by atoms with Gasteiger partial charge in [-0.25, -0.2) is 28.7 Å². The smallest absolute Gasteiger partial charge is 0.200 e. The van der Waals surface area contributed by atoms with E-state index in [1.807, 2.05) is 4.90 Å². The van der Waals surface area contributed by atoms with Crippen LogP contribution in [-0.4, -0.2) is 96.4 Å². The topological polar surface area (TPSA) is 210 Å². The molecule has 400 valence electrons. The van der Waals surface area contributed by atoms with Crippen molar-refractivity contribution in [1.29, 1.82) is 0 Å². The number of pyridine rings is 2. The van der Waals surface area contributed by atoms with Gasteiger partial charge in [0, 0.05) is 91.6 Å². The van der Waals surface area contributed by atoms with Gasteiger partial charge >= 0.3 is 0 Å². The van der Waals surface area contributed by atoms with Crippen molar-refractivity contribution in [2.75, 3.05) is 36.1 Å². The Morgan fingerprint density at radius 2 is 1.25 bits per heavy atom. The molecular weight excluding hydrogens is 1000 g/mol. The number of carbonyl (C=O) groups excluding carboxylic acids is 2. The molecule has 2 fully saturated rings. The Labute approximate surface area is 436 Å². The van der Waals surface area contributed by atoms with Crippen molar-refractivity contribution < 1.29 is 55.7 Å². The minimum Gasteiger partial charge on any atom is -0.482 e. The van der Waals surface area contributed by atoms with Crippen molar-refractivity contribution in [1.82, 2.24) is 30.2 Å². The fourth-order valence-corrected chi connectivity index (χ4v) is 8.89. The molecule has 0 unspecified atom stereocenters. The molecule has 2 aromatic carbocycles. The fraction of sp³-hybridized carbons (Fsp3) is 0.444. The highest BCUT2D eigenvalue weighted by Gasteiger charge is 2.27. The molecule has 5 N–H and O–H groups in total. The highest BCUT2D eigenvalue weighted by atomic mass is 35.5. The summed E-state index contributed by atoms with van der Waals surface area (Å²) in [6.45, 7) is 2.08. The number of hydrogen-bond acceptors (Lipinski definition) is 16.